The minimum Gasteiger partial charge on any atom is -0.364 e. The SMILES string of the molecule is CC(NCc1ccc[nH]1)C1C2CC3CC(C2)CC1C3. The molecule has 1 atom stereocenters. The Hall–Kier alpha value is -0.760. The molecule has 0 spiro atoms. The Morgan fingerprint density at radius 2 is 1.84 bits per heavy atom. The fraction of sp³-hybridized carbons (Fsp3) is 0.765. The number of H-pyrrole nitrogens is 1. The van der Waals surface area contributed by atoms with Crippen molar-refractivity contribution in [3.05, 3.63) is 24.0 Å². The number of nitrogens with one attached hydrogen (secondary N) is 2. The summed E-state index contributed by atoms with van der Waals surface area (Å²) in [6.07, 6.45) is 9.71. The molecule has 4 fully saturated rings. The van der Waals surface area contributed by atoms with Gasteiger partial charge in [0.25, 0.3) is 0 Å². The molecule has 2 heteroatoms. The molecule has 1 aromatic rings. The quantitative estimate of drug-likeness (QED) is 0.849. The molecular weight excluding hydrogens is 232 g/mol. The summed E-state index contributed by atoms with van der Waals surface area (Å²) >= 11 is 0. The van der Waals surface area contributed by atoms with E-state index < -0.39 is 0 Å². The van der Waals surface area contributed by atoms with Crippen LogP contribution in [0, 0.1) is 29.6 Å². The van der Waals surface area contributed by atoms with E-state index in [1.54, 1.807) is 6.42 Å². The van der Waals surface area contributed by atoms with Crippen LogP contribution < -0.4 is 5.32 Å². The first-order valence-electron chi connectivity index (χ1n) is 8.15. The van der Waals surface area contributed by atoms with Crippen molar-refractivity contribution in [1.29, 1.82) is 0 Å². The van der Waals surface area contributed by atoms with Gasteiger partial charge in [0, 0.05) is 24.5 Å². The number of rotatable bonds is 4. The van der Waals surface area contributed by atoms with E-state index >= 15 is 0 Å². The van der Waals surface area contributed by atoms with Crippen LogP contribution in [0.15, 0.2) is 18.3 Å². The molecule has 1 unspecified atom stereocenters. The average Bonchev–Trinajstić information content (AvgIpc) is 2.88. The first-order chi connectivity index (χ1) is 9.29. The maximum atomic E-state index is 3.78. The molecule has 0 saturated heterocycles. The van der Waals surface area contributed by atoms with Crippen molar-refractivity contribution in [2.45, 2.75) is 51.6 Å². The Bertz CT molecular complexity index is 394. The molecule has 4 aliphatic carbocycles. The third-order valence-corrected chi connectivity index (χ3v) is 6.15. The van der Waals surface area contributed by atoms with Crippen LogP contribution in [0.25, 0.3) is 0 Å². The third kappa shape index (κ3) is 2.14. The van der Waals surface area contributed by atoms with E-state index in [-0.39, 0.29) is 0 Å². The summed E-state index contributed by atoms with van der Waals surface area (Å²) in [4.78, 5) is 3.30. The second-order valence-electron chi connectivity index (χ2n) is 7.37. The zero-order chi connectivity index (χ0) is 12.8. The van der Waals surface area contributed by atoms with Crippen LogP contribution in [0.4, 0.5) is 0 Å². The maximum absolute atomic E-state index is 3.78. The van der Waals surface area contributed by atoms with Crippen LogP contribution in [0.3, 0.4) is 0 Å². The molecule has 1 heterocycles. The van der Waals surface area contributed by atoms with E-state index in [0.29, 0.717) is 6.04 Å². The molecular formula is C17H26N2. The predicted octanol–water partition coefficient (Wildman–Crippen LogP) is 3.57. The first-order valence-corrected chi connectivity index (χ1v) is 8.15. The molecule has 104 valence electrons. The molecule has 2 nitrogen and oxygen atoms in total. The fourth-order valence-electron chi connectivity index (χ4n) is 5.67. The summed E-state index contributed by atoms with van der Waals surface area (Å²) < 4.78 is 0. The third-order valence-electron chi connectivity index (χ3n) is 6.15. The molecule has 4 bridgehead atoms. The Morgan fingerprint density at radius 1 is 1.16 bits per heavy atom. The number of aromatic amines is 1. The molecule has 5 rings (SSSR count). The summed E-state index contributed by atoms with van der Waals surface area (Å²) in [5.41, 5.74) is 1.32. The largest absolute Gasteiger partial charge is 0.364 e. The summed E-state index contributed by atoms with van der Waals surface area (Å²) in [6.45, 7) is 3.42. The summed E-state index contributed by atoms with van der Waals surface area (Å²) in [5, 5.41) is 3.78. The molecule has 2 N–H and O–H groups in total. The monoisotopic (exact) mass is 258 g/mol. The average molecular weight is 258 g/mol. The van der Waals surface area contributed by atoms with Gasteiger partial charge in [0.05, 0.1) is 0 Å². The van der Waals surface area contributed by atoms with Crippen LogP contribution in [-0.4, -0.2) is 11.0 Å². The van der Waals surface area contributed by atoms with Gasteiger partial charge in [0.2, 0.25) is 0 Å². The summed E-state index contributed by atoms with van der Waals surface area (Å²) in [7, 11) is 0. The lowest BCUT2D eigenvalue weighted by Gasteiger charge is -2.56. The van der Waals surface area contributed by atoms with Crippen molar-refractivity contribution in [1.82, 2.24) is 10.3 Å². The van der Waals surface area contributed by atoms with Crippen LogP contribution in [0.1, 0.15) is 44.7 Å². The van der Waals surface area contributed by atoms with Crippen LogP contribution >= 0.6 is 0 Å². The standard InChI is InChI=1S/C17H26N2/c1-11(19-10-16-3-2-4-18-16)17-14-6-12-5-13(8-14)9-15(17)7-12/h2-4,11-15,17-19H,5-10H2,1H3. The molecule has 4 saturated carbocycles. The summed E-state index contributed by atoms with van der Waals surface area (Å²) in [6, 6.07) is 4.94. The van der Waals surface area contributed by atoms with Crippen molar-refractivity contribution in [3.8, 4) is 0 Å². The Kier molecular flexibility index (Phi) is 2.95. The van der Waals surface area contributed by atoms with Crippen LogP contribution in [0.2, 0.25) is 0 Å². The second-order valence-corrected chi connectivity index (χ2v) is 7.37. The Labute approximate surface area is 116 Å². The lowest BCUT2D eigenvalue weighted by Crippen LogP contribution is -2.51. The Balaban J connectivity index is 1.41. The molecule has 1 aromatic heterocycles. The van der Waals surface area contributed by atoms with E-state index in [1.807, 2.05) is 6.20 Å². The van der Waals surface area contributed by atoms with Gasteiger partial charge in [0.1, 0.15) is 0 Å². The molecule has 0 aliphatic heterocycles. The van der Waals surface area contributed by atoms with E-state index in [9.17, 15) is 0 Å². The highest BCUT2D eigenvalue weighted by Crippen LogP contribution is 2.57. The van der Waals surface area contributed by atoms with Crippen LogP contribution in [0.5, 0.6) is 0 Å². The fourth-order valence-corrected chi connectivity index (χ4v) is 5.67. The normalized spacial score (nSPS) is 41.6. The minimum absolute atomic E-state index is 0.679. The molecule has 0 amide bonds. The van der Waals surface area contributed by atoms with Gasteiger partial charge in [-0.3, -0.25) is 0 Å². The zero-order valence-electron chi connectivity index (χ0n) is 11.9. The van der Waals surface area contributed by atoms with Crippen molar-refractivity contribution in [2.24, 2.45) is 29.6 Å². The minimum atomic E-state index is 0.679. The lowest BCUT2D eigenvalue weighted by molar-refractivity contribution is -0.0494. The topological polar surface area (TPSA) is 27.8 Å². The Morgan fingerprint density at radius 3 is 2.42 bits per heavy atom. The van der Waals surface area contributed by atoms with E-state index in [1.165, 1.54) is 31.4 Å². The van der Waals surface area contributed by atoms with Crippen molar-refractivity contribution in [2.75, 3.05) is 0 Å². The van der Waals surface area contributed by atoms with Gasteiger partial charge in [-0.2, -0.15) is 0 Å². The van der Waals surface area contributed by atoms with E-state index in [2.05, 4.69) is 29.4 Å². The van der Waals surface area contributed by atoms with Crippen LogP contribution in [-0.2, 0) is 6.54 Å². The zero-order valence-corrected chi connectivity index (χ0v) is 11.9. The highest BCUT2D eigenvalue weighted by atomic mass is 14.9. The van der Waals surface area contributed by atoms with E-state index in [0.717, 1.165) is 36.1 Å². The van der Waals surface area contributed by atoms with Gasteiger partial charge in [-0.25, -0.2) is 0 Å². The van der Waals surface area contributed by atoms with Gasteiger partial charge in [-0.1, -0.05) is 0 Å². The molecule has 4 aliphatic rings. The number of aromatic nitrogens is 1. The maximum Gasteiger partial charge on any atom is 0.0359 e. The second kappa shape index (κ2) is 4.66. The van der Waals surface area contributed by atoms with Crippen molar-refractivity contribution in [3.63, 3.8) is 0 Å². The first kappa shape index (κ1) is 12.0. The predicted molar refractivity (Wildman–Crippen MR) is 77.6 cm³/mol. The number of hydrogen-bond donors (Lipinski definition) is 2. The van der Waals surface area contributed by atoms with Gasteiger partial charge in [-0.05, 0) is 80.8 Å². The highest BCUT2D eigenvalue weighted by molar-refractivity contribution is 5.05. The van der Waals surface area contributed by atoms with Gasteiger partial charge in [0.15, 0.2) is 0 Å². The van der Waals surface area contributed by atoms with Crippen molar-refractivity contribution >= 4 is 0 Å². The smallest absolute Gasteiger partial charge is 0.0359 e. The van der Waals surface area contributed by atoms with Gasteiger partial charge >= 0.3 is 0 Å². The van der Waals surface area contributed by atoms with Gasteiger partial charge < -0.3 is 10.3 Å². The van der Waals surface area contributed by atoms with E-state index in [4.69, 9.17) is 0 Å². The van der Waals surface area contributed by atoms with Gasteiger partial charge in [-0.15, -0.1) is 0 Å². The molecule has 0 aromatic carbocycles. The number of hydrogen-bond acceptors (Lipinski definition) is 1. The highest BCUT2D eigenvalue weighted by Gasteiger charge is 2.49. The van der Waals surface area contributed by atoms with Crippen molar-refractivity contribution < 1.29 is 0 Å². The molecule has 19 heavy (non-hydrogen) atoms. The molecule has 0 radical (unpaired) electrons. The summed E-state index contributed by atoms with van der Waals surface area (Å²) in [5.74, 6) is 5.19. The lowest BCUT2D eigenvalue weighted by atomic mass is 9.50.